The van der Waals surface area contributed by atoms with Crippen LogP contribution in [0.15, 0.2) is 18.3 Å². The predicted octanol–water partition coefficient (Wildman–Crippen LogP) is 2.06. The van der Waals surface area contributed by atoms with E-state index in [2.05, 4.69) is 46.9 Å². The summed E-state index contributed by atoms with van der Waals surface area (Å²) in [5.41, 5.74) is 4.66. The van der Waals surface area contributed by atoms with E-state index in [9.17, 15) is 0 Å². The van der Waals surface area contributed by atoms with Gasteiger partial charge in [-0.1, -0.05) is 6.92 Å². The fourth-order valence-corrected chi connectivity index (χ4v) is 1.84. The highest BCUT2D eigenvalue weighted by Crippen LogP contribution is 2.13. The van der Waals surface area contributed by atoms with Crippen LogP contribution in [-0.2, 0) is 6.54 Å². The van der Waals surface area contributed by atoms with Gasteiger partial charge in [0.15, 0.2) is 0 Å². The summed E-state index contributed by atoms with van der Waals surface area (Å²) >= 11 is 0. The molecular formula is C12H17N3. The number of fused-ring (bicyclic) bond motifs is 1. The summed E-state index contributed by atoms with van der Waals surface area (Å²) in [5.74, 6) is 0. The molecule has 0 radical (unpaired) electrons. The van der Waals surface area contributed by atoms with Gasteiger partial charge in [0.05, 0.1) is 0 Å². The molecule has 0 spiro atoms. The minimum absolute atomic E-state index is 0.892. The van der Waals surface area contributed by atoms with Crippen LogP contribution < -0.4 is 5.32 Å². The normalized spacial score (nSPS) is 11.1. The summed E-state index contributed by atoms with van der Waals surface area (Å²) in [7, 11) is 0. The van der Waals surface area contributed by atoms with Crippen LogP contribution >= 0.6 is 0 Å². The number of aryl methyl sites for hydroxylation is 2. The minimum Gasteiger partial charge on any atom is -0.313 e. The van der Waals surface area contributed by atoms with E-state index < -0.39 is 0 Å². The van der Waals surface area contributed by atoms with Crippen molar-refractivity contribution in [3.8, 4) is 0 Å². The average Bonchev–Trinajstić information content (AvgIpc) is 2.58. The third-order valence-electron chi connectivity index (χ3n) is 2.59. The van der Waals surface area contributed by atoms with Gasteiger partial charge >= 0.3 is 0 Å². The zero-order chi connectivity index (χ0) is 10.8. The van der Waals surface area contributed by atoms with Crippen LogP contribution in [-0.4, -0.2) is 15.9 Å². The Labute approximate surface area is 90.1 Å². The van der Waals surface area contributed by atoms with E-state index in [-0.39, 0.29) is 0 Å². The van der Waals surface area contributed by atoms with Gasteiger partial charge in [0, 0.05) is 29.7 Å². The molecule has 0 amide bonds. The van der Waals surface area contributed by atoms with Crippen molar-refractivity contribution in [2.75, 3.05) is 6.54 Å². The summed E-state index contributed by atoms with van der Waals surface area (Å²) in [6.45, 7) is 8.14. The fraction of sp³-hybridized carbons (Fsp3) is 0.417. The van der Waals surface area contributed by atoms with Crippen molar-refractivity contribution >= 4 is 5.65 Å². The van der Waals surface area contributed by atoms with E-state index in [1.165, 1.54) is 11.3 Å². The van der Waals surface area contributed by atoms with Gasteiger partial charge in [-0.15, -0.1) is 0 Å². The van der Waals surface area contributed by atoms with Gasteiger partial charge in [0.25, 0.3) is 0 Å². The van der Waals surface area contributed by atoms with Crippen LogP contribution in [0, 0.1) is 13.8 Å². The summed E-state index contributed by atoms with van der Waals surface area (Å²) in [6.07, 6.45) is 2.09. The molecule has 0 fully saturated rings. The largest absolute Gasteiger partial charge is 0.313 e. The molecular weight excluding hydrogens is 186 g/mol. The first-order valence-electron chi connectivity index (χ1n) is 5.37. The minimum atomic E-state index is 0.892. The highest BCUT2D eigenvalue weighted by molar-refractivity contribution is 5.50. The Morgan fingerprint density at radius 3 is 2.93 bits per heavy atom. The van der Waals surface area contributed by atoms with E-state index >= 15 is 0 Å². The molecule has 0 aliphatic rings. The van der Waals surface area contributed by atoms with Gasteiger partial charge in [-0.25, -0.2) is 4.98 Å². The zero-order valence-electron chi connectivity index (χ0n) is 9.54. The fourth-order valence-electron chi connectivity index (χ4n) is 1.84. The first kappa shape index (κ1) is 10.2. The van der Waals surface area contributed by atoms with E-state index in [4.69, 9.17) is 0 Å². The molecule has 0 aromatic carbocycles. The smallest absolute Gasteiger partial charge is 0.141 e. The maximum atomic E-state index is 4.57. The van der Waals surface area contributed by atoms with Gasteiger partial charge < -0.3 is 9.72 Å². The average molecular weight is 203 g/mol. The lowest BCUT2D eigenvalue weighted by Gasteiger charge is -2.04. The third kappa shape index (κ3) is 1.88. The lowest BCUT2D eigenvalue weighted by molar-refractivity contribution is 0.729. The van der Waals surface area contributed by atoms with Crippen molar-refractivity contribution in [1.29, 1.82) is 0 Å². The van der Waals surface area contributed by atoms with Crippen molar-refractivity contribution in [2.24, 2.45) is 0 Å². The maximum absolute atomic E-state index is 4.57. The maximum Gasteiger partial charge on any atom is 0.141 e. The Balaban J connectivity index is 2.49. The SMILES string of the molecule is CCNCc1ccn2c(C)cc(C)nc12. The second-order valence-corrected chi connectivity index (χ2v) is 3.85. The van der Waals surface area contributed by atoms with Crippen molar-refractivity contribution in [3.63, 3.8) is 0 Å². The van der Waals surface area contributed by atoms with Crippen molar-refractivity contribution < 1.29 is 0 Å². The van der Waals surface area contributed by atoms with Crippen LogP contribution in [0.5, 0.6) is 0 Å². The molecule has 0 aliphatic heterocycles. The Bertz CT molecular complexity index is 471. The molecule has 0 saturated heterocycles. The number of nitrogens with one attached hydrogen (secondary N) is 1. The quantitative estimate of drug-likeness (QED) is 0.827. The van der Waals surface area contributed by atoms with E-state index in [0.717, 1.165) is 24.4 Å². The van der Waals surface area contributed by atoms with Crippen LogP contribution in [0.1, 0.15) is 23.9 Å². The van der Waals surface area contributed by atoms with Gasteiger partial charge in [0.1, 0.15) is 5.65 Å². The van der Waals surface area contributed by atoms with Crippen LogP contribution in [0.3, 0.4) is 0 Å². The molecule has 15 heavy (non-hydrogen) atoms. The Kier molecular flexibility index (Phi) is 2.73. The topological polar surface area (TPSA) is 29.3 Å². The molecule has 2 rings (SSSR count). The molecule has 0 bridgehead atoms. The van der Waals surface area contributed by atoms with Crippen LogP contribution in [0.4, 0.5) is 0 Å². The van der Waals surface area contributed by atoms with Crippen LogP contribution in [0.2, 0.25) is 0 Å². The molecule has 0 atom stereocenters. The first-order valence-corrected chi connectivity index (χ1v) is 5.37. The highest BCUT2D eigenvalue weighted by Gasteiger charge is 2.05. The molecule has 80 valence electrons. The number of rotatable bonds is 3. The predicted molar refractivity (Wildman–Crippen MR) is 62.0 cm³/mol. The summed E-state index contributed by atoms with van der Waals surface area (Å²) in [5, 5.41) is 3.33. The lowest BCUT2D eigenvalue weighted by Crippen LogP contribution is -2.11. The highest BCUT2D eigenvalue weighted by atomic mass is 15.0. The summed E-state index contributed by atoms with van der Waals surface area (Å²) < 4.78 is 2.14. The molecule has 0 saturated carbocycles. The van der Waals surface area contributed by atoms with Gasteiger partial charge in [-0.3, -0.25) is 0 Å². The summed E-state index contributed by atoms with van der Waals surface area (Å²) in [4.78, 5) is 4.57. The Morgan fingerprint density at radius 2 is 2.20 bits per heavy atom. The van der Waals surface area contributed by atoms with Crippen LogP contribution in [0.25, 0.3) is 5.65 Å². The molecule has 1 N–H and O–H groups in total. The molecule has 2 heterocycles. The monoisotopic (exact) mass is 203 g/mol. The van der Waals surface area contributed by atoms with Gasteiger partial charge in [0.2, 0.25) is 0 Å². The van der Waals surface area contributed by atoms with Gasteiger partial charge in [-0.05, 0) is 32.5 Å². The Hall–Kier alpha value is -1.35. The first-order chi connectivity index (χ1) is 7.22. The van der Waals surface area contributed by atoms with Crippen molar-refractivity contribution in [3.05, 3.63) is 35.3 Å². The van der Waals surface area contributed by atoms with E-state index in [0.29, 0.717) is 0 Å². The van der Waals surface area contributed by atoms with Gasteiger partial charge in [-0.2, -0.15) is 0 Å². The second-order valence-electron chi connectivity index (χ2n) is 3.85. The molecule has 2 aromatic heterocycles. The zero-order valence-corrected chi connectivity index (χ0v) is 9.54. The number of nitrogens with zero attached hydrogens (tertiary/aromatic N) is 2. The third-order valence-corrected chi connectivity index (χ3v) is 2.59. The number of hydrogen-bond acceptors (Lipinski definition) is 2. The van der Waals surface area contributed by atoms with E-state index in [1.807, 2.05) is 6.92 Å². The molecule has 3 nitrogen and oxygen atoms in total. The summed E-state index contributed by atoms with van der Waals surface area (Å²) in [6, 6.07) is 4.24. The molecule has 2 aromatic rings. The number of hydrogen-bond donors (Lipinski definition) is 1. The molecule has 0 aliphatic carbocycles. The Morgan fingerprint density at radius 1 is 1.40 bits per heavy atom. The van der Waals surface area contributed by atoms with Crippen molar-refractivity contribution in [2.45, 2.75) is 27.3 Å². The van der Waals surface area contributed by atoms with E-state index in [1.54, 1.807) is 0 Å². The van der Waals surface area contributed by atoms with Crippen molar-refractivity contribution in [1.82, 2.24) is 14.7 Å². The second kappa shape index (κ2) is 4.03. The number of aromatic nitrogens is 2. The molecule has 3 heteroatoms. The molecule has 0 unspecified atom stereocenters. The standard InChI is InChI=1S/C12H17N3/c1-4-13-8-11-5-6-15-10(3)7-9(2)14-12(11)15/h5-7,13H,4,8H2,1-3H3. The lowest BCUT2D eigenvalue weighted by atomic mass is 10.3.